The summed E-state index contributed by atoms with van der Waals surface area (Å²) in [6.07, 6.45) is 101. The Morgan fingerprint density at radius 1 is 0.253 bits per heavy atom. The van der Waals surface area contributed by atoms with Crippen molar-refractivity contribution in [2.24, 2.45) is 0 Å². The predicted octanol–water partition coefficient (Wildman–Crippen LogP) is 23.7. The smallest absolute Gasteiger partial charge is 0.306 e. The molecule has 0 saturated carbocycles. The lowest BCUT2D eigenvalue weighted by molar-refractivity contribution is -0.166. The molecular formula is C77H124O6. The van der Waals surface area contributed by atoms with Gasteiger partial charge in [0.1, 0.15) is 13.2 Å². The van der Waals surface area contributed by atoms with Crippen molar-refractivity contribution in [3.05, 3.63) is 158 Å². The zero-order chi connectivity index (χ0) is 59.9. The Hall–Kier alpha value is -4.97. The molecule has 0 aromatic heterocycles. The zero-order valence-corrected chi connectivity index (χ0v) is 53.7. The van der Waals surface area contributed by atoms with E-state index in [1.165, 1.54) is 116 Å². The Balaban J connectivity index is 4.47. The van der Waals surface area contributed by atoms with E-state index < -0.39 is 12.1 Å². The van der Waals surface area contributed by atoms with Crippen molar-refractivity contribution in [1.29, 1.82) is 0 Å². The van der Waals surface area contributed by atoms with Crippen molar-refractivity contribution in [2.75, 3.05) is 13.2 Å². The summed E-state index contributed by atoms with van der Waals surface area (Å²) in [6.45, 7) is 6.36. The highest BCUT2D eigenvalue weighted by Crippen LogP contribution is 2.16. The van der Waals surface area contributed by atoms with Gasteiger partial charge in [-0.1, -0.05) is 314 Å². The molecule has 6 nitrogen and oxygen atoms in total. The van der Waals surface area contributed by atoms with Crippen molar-refractivity contribution in [2.45, 2.75) is 297 Å². The van der Waals surface area contributed by atoms with Crippen LogP contribution >= 0.6 is 0 Å². The summed E-state index contributed by atoms with van der Waals surface area (Å²) >= 11 is 0. The van der Waals surface area contributed by atoms with E-state index in [1.54, 1.807) is 0 Å². The van der Waals surface area contributed by atoms with Gasteiger partial charge < -0.3 is 14.2 Å². The molecule has 0 aliphatic heterocycles. The van der Waals surface area contributed by atoms with E-state index in [0.29, 0.717) is 19.3 Å². The number of hydrogen-bond acceptors (Lipinski definition) is 6. The van der Waals surface area contributed by atoms with E-state index in [1.807, 2.05) is 6.08 Å². The number of allylic oxidation sites excluding steroid dienone is 26. The lowest BCUT2D eigenvalue weighted by atomic mass is 10.0. The lowest BCUT2D eigenvalue weighted by Gasteiger charge is -2.18. The minimum absolute atomic E-state index is 0.115. The third-order valence-corrected chi connectivity index (χ3v) is 14.0. The number of hydrogen-bond donors (Lipinski definition) is 0. The van der Waals surface area contributed by atoms with Gasteiger partial charge in [0, 0.05) is 19.3 Å². The molecule has 0 amide bonds. The third kappa shape index (κ3) is 67.7. The summed E-state index contributed by atoms with van der Waals surface area (Å²) in [4.78, 5) is 38.4. The molecule has 0 N–H and O–H groups in total. The van der Waals surface area contributed by atoms with E-state index in [-0.39, 0.29) is 31.6 Å². The molecule has 0 radical (unpaired) electrons. The molecule has 0 aromatic carbocycles. The maximum Gasteiger partial charge on any atom is 0.306 e. The SMILES string of the molecule is CC/C=C\C/C=C\C/C=C\C/C=C\C/C=C\C/C=C\C/C=C\CCCCCCCCCC(=O)OCC(COC(=O)CCCCCCCCCCCCCCCCCCC)OC(=O)CC/C=C\C/C=C\C/C=C\C/C=C\C/C=C\C/C=C\CC. The molecule has 0 aromatic rings. The normalized spacial score (nSPS) is 13.1. The molecule has 0 fully saturated rings. The molecule has 1 unspecified atom stereocenters. The number of ether oxygens (including phenoxy) is 3. The van der Waals surface area contributed by atoms with Crippen LogP contribution in [0.5, 0.6) is 0 Å². The quantitative estimate of drug-likeness (QED) is 0.0261. The fourth-order valence-corrected chi connectivity index (χ4v) is 9.04. The second kappa shape index (κ2) is 69.5. The molecule has 0 bridgehead atoms. The third-order valence-electron chi connectivity index (χ3n) is 14.0. The lowest BCUT2D eigenvalue weighted by Crippen LogP contribution is -2.30. The Morgan fingerprint density at radius 3 is 0.783 bits per heavy atom. The molecule has 0 rings (SSSR count). The van der Waals surface area contributed by atoms with Crippen molar-refractivity contribution < 1.29 is 28.6 Å². The Bertz CT molecular complexity index is 1840. The zero-order valence-electron chi connectivity index (χ0n) is 53.7. The minimum atomic E-state index is -0.831. The van der Waals surface area contributed by atoms with Crippen LogP contribution in [0.3, 0.4) is 0 Å². The number of unbranched alkanes of at least 4 members (excludes halogenated alkanes) is 23. The minimum Gasteiger partial charge on any atom is -0.462 e. The van der Waals surface area contributed by atoms with Crippen LogP contribution in [0.25, 0.3) is 0 Å². The second-order valence-corrected chi connectivity index (χ2v) is 22.0. The number of carbonyl (C=O) groups excluding carboxylic acids is 3. The first kappa shape index (κ1) is 78.0. The highest BCUT2D eigenvalue weighted by atomic mass is 16.6. The molecule has 468 valence electrons. The van der Waals surface area contributed by atoms with E-state index in [9.17, 15) is 14.4 Å². The largest absolute Gasteiger partial charge is 0.462 e. The molecule has 0 aliphatic rings. The molecule has 0 spiro atoms. The Labute approximate surface area is 511 Å². The van der Waals surface area contributed by atoms with Gasteiger partial charge in [0.2, 0.25) is 0 Å². The summed E-state index contributed by atoms with van der Waals surface area (Å²) in [5.41, 5.74) is 0. The number of rotatable bonds is 60. The molecule has 0 saturated heterocycles. The average Bonchev–Trinajstić information content (AvgIpc) is 3.49. The predicted molar refractivity (Wildman–Crippen MR) is 362 cm³/mol. The van der Waals surface area contributed by atoms with Crippen LogP contribution in [0.4, 0.5) is 0 Å². The molecule has 6 heteroatoms. The molecule has 83 heavy (non-hydrogen) atoms. The molecule has 0 heterocycles. The Morgan fingerprint density at radius 2 is 0.494 bits per heavy atom. The number of esters is 3. The van der Waals surface area contributed by atoms with Crippen LogP contribution in [0, 0.1) is 0 Å². The highest BCUT2D eigenvalue weighted by molar-refractivity contribution is 5.71. The van der Waals surface area contributed by atoms with E-state index in [0.717, 1.165) is 128 Å². The van der Waals surface area contributed by atoms with Crippen LogP contribution in [-0.2, 0) is 28.6 Å². The topological polar surface area (TPSA) is 78.9 Å². The van der Waals surface area contributed by atoms with Crippen molar-refractivity contribution >= 4 is 17.9 Å². The van der Waals surface area contributed by atoms with Gasteiger partial charge >= 0.3 is 17.9 Å². The number of carbonyl (C=O) groups is 3. The summed E-state index contributed by atoms with van der Waals surface area (Å²) < 4.78 is 16.9. The molecule has 1 atom stereocenters. The van der Waals surface area contributed by atoms with E-state index in [4.69, 9.17) is 14.2 Å². The van der Waals surface area contributed by atoms with Crippen LogP contribution in [-0.4, -0.2) is 37.2 Å². The van der Waals surface area contributed by atoms with Gasteiger partial charge in [-0.2, -0.15) is 0 Å². The van der Waals surface area contributed by atoms with Crippen molar-refractivity contribution in [3.63, 3.8) is 0 Å². The average molecular weight is 1150 g/mol. The first-order valence-corrected chi connectivity index (χ1v) is 34.0. The maximum absolute atomic E-state index is 12.9. The summed E-state index contributed by atoms with van der Waals surface area (Å²) in [5, 5.41) is 0. The van der Waals surface area contributed by atoms with Gasteiger partial charge in [0.25, 0.3) is 0 Å². The first-order chi connectivity index (χ1) is 41.0. The summed E-state index contributed by atoms with van der Waals surface area (Å²) in [7, 11) is 0. The fraction of sp³-hybridized carbons (Fsp3) is 0.623. The van der Waals surface area contributed by atoms with Gasteiger partial charge in [-0.15, -0.1) is 0 Å². The van der Waals surface area contributed by atoms with Gasteiger partial charge in [0.05, 0.1) is 0 Å². The Kier molecular flexibility index (Phi) is 65.4. The van der Waals surface area contributed by atoms with Crippen LogP contribution in [0.2, 0.25) is 0 Å². The van der Waals surface area contributed by atoms with Gasteiger partial charge in [0.15, 0.2) is 6.10 Å². The van der Waals surface area contributed by atoms with Crippen LogP contribution < -0.4 is 0 Å². The van der Waals surface area contributed by atoms with Crippen molar-refractivity contribution in [1.82, 2.24) is 0 Å². The maximum atomic E-state index is 12.9. The molecular weight excluding hydrogens is 1020 g/mol. The standard InChI is InChI=1S/C77H124O6/c1-4-7-10-13-16-19-22-25-28-31-33-34-35-36-37-38-39-40-41-42-44-46-49-52-55-58-61-64-67-70-76(79)82-73-74(72-81-75(78)69-66-63-60-57-54-51-48-45-30-27-24-21-18-15-12-9-6-3)83-77(80)71-68-65-62-59-56-53-50-47-43-32-29-26-23-20-17-14-11-8-5-2/h7-8,10-11,16-17,19-20,25-26,28-29,33-34,36-37,39-40,42-44,47,53,56,62,65,74H,4-6,9,12-15,18,21-24,27,30-32,35,38,41,45-46,48-52,54-55,57-61,63-64,66-73H2,1-3H3/b10-7-,11-8-,19-16-,20-17-,28-25-,29-26-,34-33-,37-36-,40-39-,44-42-,47-43-,56-53-,65-62-. The first-order valence-electron chi connectivity index (χ1n) is 34.0. The molecule has 0 aliphatic carbocycles. The summed E-state index contributed by atoms with van der Waals surface area (Å²) in [6, 6.07) is 0. The monoisotopic (exact) mass is 1140 g/mol. The van der Waals surface area contributed by atoms with E-state index >= 15 is 0 Å². The van der Waals surface area contributed by atoms with Gasteiger partial charge in [-0.3, -0.25) is 14.4 Å². The van der Waals surface area contributed by atoms with Gasteiger partial charge in [-0.05, 0) is 116 Å². The fourth-order valence-electron chi connectivity index (χ4n) is 9.04. The van der Waals surface area contributed by atoms with E-state index in [2.05, 4.69) is 173 Å². The summed E-state index contributed by atoms with van der Waals surface area (Å²) in [5.74, 6) is -1.01. The second-order valence-electron chi connectivity index (χ2n) is 22.0. The highest BCUT2D eigenvalue weighted by Gasteiger charge is 2.19. The van der Waals surface area contributed by atoms with Gasteiger partial charge in [-0.25, -0.2) is 0 Å². The van der Waals surface area contributed by atoms with Crippen LogP contribution in [0.1, 0.15) is 290 Å². The van der Waals surface area contributed by atoms with Crippen molar-refractivity contribution in [3.8, 4) is 0 Å². The van der Waals surface area contributed by atoms with Crippen LogP contribution in [0.15, 0.2) is 158 Å².